The molecule has 0 atom stereocenters. The molecule has 1 aromatic carbocycles. The Morgan fingerprint density at radius 2 is 1.96 bits per heavy atom. The van der Waals surface area contributed by atoms with Gasteiger partial charge in [-0.1, -0.05) is 23.2 Å². The van der Waals surface area contributed by atoms with E-state index in [1.54, 1.807) is 25.3 Å². The second kappa shape index (κ2) is 8.24. The van der Waals surface area contributed by atoms with Crippen molar-refractivity contribution in [3.63, 3.8) is 0 Å². The highest BCUT2D eigenvalue weighted by molar-refractivity contribution is 6.45. The Balaban J connectivity index is 2.19. The van der Waals surface area contributed by atoms with Gasteiger partial charge in [-0.25, -0.2) is 5.43 Å². The minimum absolute atomic E-state index is 0.00182. The lowest BCUT2D eigenvalue weighted by molar-refractivity contribution is -0.379. The first-order chi connectivity index (χ1) is 11.9. The van der Waals surface area contributed by atoms with Gasteiger partial charge in [-0.15, -0.1) is 0 Å². The van der Waals surface area contributed by atoms with Gasteiger partial charge in [0, 0.05) is 11.6 Å². The quantitative estimate of drug-likeness (QED) is 0.454. The molecule has 0 spiro atoms. The average molecular weight is 405 g/mol. The van der Waals surface area contributed by atoms with Crippen molar-refractivity contribution in [2.75, 3.05) is 20.0 Å². The van der Waals surface area contributed by atoms with E-state index in [0.29, 0.717) is 17.1 Å². The van der Waals surface area contributed by atoms with Crippen LogP contribution in [-0.2, 0) is 0 Å². The molecule has 4 N–H and O–H groups in total. The molecule has 1 aromatic heterocycles. The maximum atomic E-state index is 12.2. The fourth-order valence-electron chi connectivity index (χ4n) is 1.87. The Bertz CT molecular complexity index is 843. The number of carbonyl (C=O) groups excluding carboxylic acids is 1. The van der Waals surface area contributed by atoms with Crippen molar-refractivity contribution < 1.29 is 19.3 Å². The maximum absolute atomic E-state index is 12.2. The minimum atomic E-state index is -0.640. The van der Waals surface area contributed by atoms with Crippen molar-refractivity contribution >= 4 is 52.6 Å². The van der Waals surface area contributed by atoms with Gasteiger partial charge in [-0.2, -0.15) is 10.1 Å². The number of anilines is 1. The van der Waals surface area contributed by atoms with E-state index in [1.165, 1.54) is 13.3 Å². The maximum Gasteiger partial charge on any atom is 0.337 e. The summed E-state index contributed by atoms with van der Waals surface area (Å²) in [6, 6.07) is 5.15. The molecule has 132 valence electrons. The molecule has 0 aliphatic rings. The summed E-state index contributed by atoms with van der Waals surface area (Å²) >= 11 is 17.7. The molecule has 2 aromatic rings. The SMILES string of the molecule is COc1ccc(/C=N\NC(=O)c2[nH+]c(Cl)c(Cl)c(N)c2Cl)c(OC)c1. The van der Waals surface area contributed by atoms with Crippen molar-refractivity contribution in [2.24, 2.45) is 5.10 Å². The number of hydrogen-bond donors (Lipinski definition) is 2. The zero-order valence-corrected chi connectivity index (χ0v) is 15.5. The average Bonchev–Trinajstić information content (AvgIpc) is 2.62. The number of nitrogens with zero attached hydrogens (tertiary/aromatic N) is 1. The number of nitrogen functional groups attached to an aromatic ring is 1. The summed E-state index contributed by atoms with van der Waals surface area (Å²) in [4.78, 5) is 14.7. The Morgan fingerprint density at radius 3 is 2.60 bits per heavy atom. The van der Waals surface area contributed by atoms with Crippen molar-refractivity contribution in [2.45, 2.75) is 0 Å². The summed E-state index contributed by atoms with van der Waals surface area (Å²) in [5.41, 5.74) is 8.57. The summed E-state index contributed by atoms with van der Waals surface area (Å²) < 4.78 is 10.3. The Morgan fingerprint density at radius 1 is 1.24 bits per heavy atom. The third-order valence-electron chi connectivity index (χ3n) is 3.16. The number of pyridine rings is 1. The highest BCUT2D eigenvalue weighted by Crippen LogP contribution is 2.32. The van der Waals surface area contributed by atoms with Gasteiger partial charge < -0.3 is 15.2 Å². The zero-order chi connectivity index (χ0) is 18.6. The first-order valence-corrected chi connectivity index (χ1v) is 7.93. The van der Waals surface area contributed by atoms with Crippen molar-refractivity contribution in [1.29, 1.82) is 0 Å². The highest BCUT2D eigenvalue weighted by atomic mass is 35.5. The number of rotatable bonds is 5. The number of amides is 1. The van der Waals surface area contributed by atoms with Gasteiger partial charge in [0.2, 0.25) is 0 Å². The lowest BCUT2D eigenvalue weighted by atomic mass is 10.2. The van der Waals surface area contributed by atoms with Gasteiger partial charge in [0.1, 0.15) is 21.5 Å². The number of aromatic amines is 1. The number of methoxy groups -OCH3 is 2. The van der Waals surface area contributed by atoms with Crippen LogP contribution in [0.25, 0.3) is 0 Å². The fourth-order valence-corrected chi connectivity index (χ4v) is 2.48. The summed E-state index contributed by atoms with van der Waals surface area (Å²) in [6.07, 6.45) is 1.41. The predicted octanol–water partition coefficient (Wildman–Crippen LogP) is 2.82. The largest absolute Gasteiger partial charge is 0.497 e. The fraction of sp³-hybridized carbons (Fsp3) is 0.133. The zero-order valence-electron chi connectivity index (χ0n) is 13.2. The van der Waals surface area contributed by atoms with Crippen LogP contribution in [-0.4, -0.2) is 26.3 Å². The molecule has 2 rings (SSSR count). The number of aromatic nitrogens is 1. The summed E-state index contributed by atoms with van der Waals surface area (Å²) in [5.74, 6) is 0.519. The number of nitrogens with two attached hydrogens (primary N) is 1. The van der Waals surface area contributed by atoms with Gasteiger partial charge in [-0.05, 0) is 23.7 Å². The van der Waals surface area contributed by atoms with Crippen LogP contribution in [0.1, 0.15) is 16.1 Å². The molecule has 1 heterocycles. The Kier molecular flexibility index (Phi) is 6.30. The lowest BCUT2D eigenvalue weighted by Crippen LogP contribution is -2.28. The summed E-state index contributed by atoms with van der Waals surface area (Å²) in [6.45, 7) is 0. The van der Waals surface area contributed by atoms with E-state index < -0.39 is 5.91 Å². The monoisotopic (exact) mass is 403 g/mol. The number of hydrogen-bond acceptors (Lipinski definition) is 5. The smallest absolute Gasteiger partial charge is 0.337 e. The Hall–Kier alpha value is -2.22. The predicted molar refractivity (Wildman–Crippen MR) is 97.0 cm³/mol. The molecule has 7 nitrogen and oxygen atoms in total. The topological polar surface area (TPSA) is 100 Å². The minimum Gasteiger partial charge on any atom is -0.497 e. The molecule has 0 aliphatic heterocycles. The molecule has 25 heavy (non-hydrogen) atoms. The van der Waals surface area contributed by atoms with E-state index >= 15 is 0 Å². The molecule has 0 aliphatic carbocycles. The number of halogens is 3. The van der Waals surface area contributed by atoms with Crippen LogP contribution >= 0.6 is 34.8 Å². The van der Waals surface area contributed by atoms with Crippen LogP contribution in [0.4, 0.5) is 5.69 Å². The normalized spacial score (nSPS) is 10.8. The third kappa shape index (κ3) is 4.25. The van der Waals surface area contributed by atoms with Crippen LogP contribution in [0.5, 0.6) is 11.5 Å². The van der Waals surface area contributed by atoms with E-state index in [0.717, 1.165) is 0 Å². The highest BCUT2D eigenvalue weighted by Gasteiger charge is 2.25. The molecule has 0 radical (unpaired) electrons. The standard InChI is InChI=1S/C15H13Cl3N4O3/c1-24-8-4-3-7(9(5-8)25-2)6-20-22-15(23)13-10(16)12(19)11(17)14(18)21-13/h3-6H,1-2H3,(H2,19,21)(H,22,23)/p+1/b20-6-. The van der Waals surface area contributed by atoms with E-state index in [4.69, 9.17) is 50.0 Å². The summed E-state index contributed by atoms with van der Waals surface area (Å²) in [5, 5.41) is 3.84. The van der Waals surface area contributed by atoms with Crippen molar-refractivity contribution in [3.05, 3.63) is 44.7 Å². The molecule has 0 saturated heterocycles. The van der Waals surface area contributed by atoms with E-state index in [2.05, 4.69) is 15.5 Å². The second-order valence-corrected chi connectivity index (χ2v) is 5.80. The van der Waals surface area contributed by atoms with E-state index in [1.807, 2.05) is 0 Å². The number of ether oxygens (including phenoxy) is 2. The molecule has 0 bridgehead atoms. The lowest BCUT2D eigenvalue weighted by Gasteiger charge is -2.07. The number of H-pyrrole nitrogens is 1. The number of carbonyl (C=O) groups is 1. The summed E-state index contributed by atoms with van der Waals surface area (Å²) in [7, 11) is 3.06. The van der Waals surface area contributed by atoms with E-state index in [9.17, 15) is 4.79 Å². The number of hydrazone groups is 1. The molecule has 10 heteroatoms. The first kappa shape index (κ1) is 19.1. The molecular formula is C15H14Cl3N4O3+. The van der Waals surface area contributed by atoms with Crippen LogP contribution in [0.3, 0.4) is 0 Å². The van der Waals surface area contributed by atoms with Gasteiger partial charge in [0.05, 0.1) is 26.1 Å². The third-order valence-corrected chi connectivity index (χ3v) is 4.32. The van der Waals surface area contributed by atoms with Crippen molar-refractivity contribution in [3.8, 4) is 11.5 Å². The molecule has 1 amide bonds. The number of nitrogens with one attached hydrogen (secondary N) is 2. The van der Waals surface area contributed by atoms with Crippen LogP contribution in [0, 0.1) is 0 Å². The van der Waals surface area contributed by atoms with Crippen LogP contribution < -0.4 is 25.6 Å². The van der Waals surface area contributed by atoms with Gasteiger partial charge in [0.25, 0.3) is 10.8 Å². The Labute approximate surface area is 158 Å². The van der Waals surface area contributed by atoms with Gasteiger partial charge >= 0.3 is 5.91 Å². The second-order valence-electron chi connectivity index (χ2n) is 4.66. The first-order valence-electron chi connectivity index (χ1n) is 6.79. The molecule has 0 unspecified atom stereocenters. The van der Waals surface area contributed by atoms with Crippen LogP contribution in [0.2, 0.25) is 15.2 Å². The van der Waals surface area contributed by atoms with E-state index in [-0.39, 0.29) is 26.6 Å². The molecular weight excluding hydrogens is 391 g/mol. The molecule has 0 fully saturated rings. The van der Waals surface area contributed by atoms with Crippen molar-refractivity contribution in [1.82, 2.24) is 5.43 Å². The van der Waals surface area contributed by atoms with Gasteiger partial charge in [0.15, 0.2) is 0 Å². The number of benzene rings is 1. The van der Waals surface area contributed by atoms with Crippen LogP contribution in [0.15, 0.2) is 23.3 Å². The van der Waals surface area contributed by atoms with Gasteiger partial charge in [-0.3, -0.25) is 4.79 Å². The molecule has 0 saturated carbocycles.